The lowest BCUT2D eigenvalue weighted by Gasteiger charge is -1.98. The highest BCUT2D eigenvalue weighted by Crippen LogP contribution is 2.29. The first-order valence-electron chi connectivity index (χ1n) is 4.44. The quantitative estimate of drug-likeness (QED) is 0.750. The van der Waals surface area contributed by atoms with Gasteiger partial charge in [-0.2, -0.15) is 0 Å². The summed E-state index contributed by atoms with van der Waals surface area (Å²) in [6, 6.07) is 3.46. The predicted molar refractivity (Wildman–Crippen MR) is 55.1 cm³/mol. The molecule has 1 heterocycles. The van der Waals surface area contributed by atoms with E-state index in [2.05, 4.69) is 5.16 Å². The number of rotatable bonds is 1. The molecule has 0 amide bonds. The van der Waals surface area contributed by atoms with Gasteiger partial charge in [0.05, 0.1) is 11.3 Å². The molecular weight excluding hydrogens is 178 g/mol. The maximum absolute atomic E-state index is 9.61. The molecule has 0 saturated heterocycles. The largest absolute Gasteiger partial charge is 0.507 e. The SMILES string of the molecule is C/C=C/c1c(O)ccc2c(C)noc12. The topological polar surface area (TPSA) is 46.3 Å². The van der Waals surface area contributed by atoms with E-state index in [9.17, 15) is 5.11 Å². The number of allylic oxidation sites excluding steroid dienone is 1. The first-order chi connectivity index (χ1) is 6.74. The Morgan fingerprint density at radius 1 is 1.43 bits per heavy atom. The summed E-state index contributed by atoms with van der Waals surface area (Å²) in [6.45, 7) is 3.77. The van der Waals surface area contributed by atoms with Crippen molar-refractivity contribution in [2.75, 3.05) is 0 Å². The van der Waals surface area contributed by atoms with Gasteiger partial charge in [-0.1, -0.05) is 17.3 Å². The summed E-state index contributed by atoms with van der Waals surface area (Å²) < 4.78 is 5.15. The van der Waals surface area contributed by atoms with E-state index >= 15 is 0 Å². The molecule has 3 nitrogen and oxygen atoms in total. The monoisotopic (exact) mass is 189 g/mol. The lowest BCUT2D eigenvalue weighted by Crippen LogP contribution is -1.76. The highest BCUT2D eigenvalue weighted by atomic mass is 16.5. The summed E-state index contributed by atoms with van der Waals surface area (Å²) >= 11 is 0. The normalized spacial score (nSPS) is 11.6. The van der Waals surface area contributed by atoms with Crippen LogP contribution in [0.4, 0.5) is 0 Å². The minimum atomic E-state index is 0.215. The molecule has 2 rings (SSSR count). The van der Waals surface area contributed by atoms with Crippen LogP contribution in [-0.4, -0.2) is 10.3 Å². The van der Waals surface area contributed by atoms with Gasteiger partial charge in [0, 0.05) is 5.39 Å². The summed E-state index contributed by atoms with van der Waals surface area (Å²) in [5.74, 6) is 0.215. The average molecular weight is 189 g/mol. The van der Waals surface area contributed by atoms with Crippen molar-refractivity contribution in [1.82, 2.24) is 5.16 Å². The minimum Gasteiger partial charge on any atom is -0.507 e. The molecule has 14 heavy (non-hydrogen) atoms. The number of hydrogen-bond acceptors (Lipinski definition) is 3. The van der Waals surface area contributed by atoms with Gasteiger partial charge in [-0.15, -0.1) is 0 Å². The van der Waals surface area contributed by atoms with Crippen molar-refractivity contribution in [2.24, 2.45) is 0 Å². The molecule has 0 saturated carbocycles. The van der Waals surface area contributed by atoms with Crippen LogP contribution in [0.2, 0.25) is 0 Å². The van der Waals surface area contributed by atoms with Crippen molar-refractivity contribution in [2.45, 2.75) is 13.8 Å². The molecular formula is C11H11NO2. The van der Waals surface area contributed by atoms with E-state index in [4.69, 9.17) is 4.52 Å². The van der Waals surface area contributed by atoms with E-state index in [0.717, 1.165) is 11.1 Å². The molecule has 0 fully saturated rings. The number of hydrogen-bond donors (Lipinski definition) is 1. The molecule has 0 aliphatic rings. The van der Waals surface area contributed by atoms with Gasteiger partial charge in [0.1, 0.15) is 5.75 Å². The smallest absolute Gasteiger partial charge is 0.178 e. The maximum atomic E-state index is 9.61. The number of aromatic nitrogens is 1. The second-order valence-electron chi connectivity index (χ2n) is 3.14. The van der Waals surface area contributed by atoms with Crippen LogP contribution in [0.1, 0.15) is 18.2 Å². The molecule has 0 aliphatic carbocycles. The summed E-state index contributed by atoms with van der Waals surface area (Å²) in [6.07, 6.45) is 3.66. The van der Waals surface area contributed by atoms with Crippen molar-refractivity contribution >= 4 is 17.0 Å². The van der Waals surface area contributed by atoms with Crippen LogP contribution in [0.25, 0.3) is 17.0 Å². The van der Waals surface area contributed by atoms with Gasteiger partial charge in [-0.3, -0.25) is 0 Å². The van der Waals surface area contributed by atoms with Crippen LogP contribution in [0.3, 0.4) is 0 Å². The second-order valence-corrected chi connectivity index (χ2v) is 3.14. The third-order valence-corrected chi connectivity index (χ3v) is 2.17. The molecule has 1 aromatic heterocycles. The molecule has 0 spiro atoms. The van der Waals surface area contributed by atoms with Crippen molar-refractivity contribution in [3.63, 3.8) is 0 Å². The molecule has 72 valence electrons. The maximum Gasteiger partial charge on any atom is 0.178 e. The highest BCUT2D eigenvalue weighted by Gasteiger charge is 2.10. The third kappa shape index (κ3) is 1.18. The zero-order valence-corrected chi connectivity index (χ0v) is 8.11. The van der Waals surface area contributed by atoms with E-state index in [1.807, 2.05) is 32.1 Å². The summed E-state index contributed by atoms with van der Waals surface area (Å²) in [5, 5.41) is 14.4. The molecule has 2 aromatic rings. The Kier molecular flexibility index (Phi) is 2.00. The van der Waals surface area contributed by atoms with Crippen LogP contribution in [0, 0.1) is 6.92 Å². The van der Waals surface area contributed by atoms with Crippen LogP contribution in [-0.2, 0) is 0 Å². The standard InChI is InChI=1S/C11H11NO2/c1-3-4-9-10(13)6-5-8-7(2)12-14-11(8)9/h3-6,13H,1-2H3/b4-3+. The number of phenolic OH excluding ortho intramolecular Hbond substituents is 1. The lowest BCUT2D eigenvalue weighted by atomic mass is 10.1. The van der Waals surface area contributed by atoms with Gasteiger partial charge >= 0.3 is 0 Å². The molecule has 0 bridgehead atoms. The second kappa shape index (κ2) is 3.18. The van der Waals surface area contributed by atoms with Crippen LogP contribution in [0.5, 0.6) is 5.75 Å². The number of fused-ring (bicyclic) bond motifs is 1. The van der Waals surface area contributed by atoms with Crippen LogP contribution < -0.4 is 0 Å². The van der Waals surface area contributed by atoms with Crippen molar-refractivity contribution in [3.8, 4) is 5.75 Å². The molecule has 0 atom stereocenters. The number of phenols is 1. The zero-order chi connectivity index (χ0) is 10.1. The van der Waals surface area contributed by atoms with Crippen LogP contribution >= 0.6 is 0 Å². The summed E-state index contributed by atoms with van der Waals surface area (Å²) in [5.41, 5.74) is 2.16. The first-order valence-corrected chi connectivity index (χ1v) is 4.44. The fraction of sp³-hybridized carbons (Fsp3) is 0.182. The van der Waals surface area contributed by atoms with Gasteiger partial charge in [0.25, 0.3) is 0 Å². The molecule has 3 heteroatoms. The fourth-order valence-corrected chi connectivity index (χ4v) is 1.46. The third-order valence-electron chi connectivity index (χ3n) is 2.17. The van der Waals surface area contributed by atoms with Crippen LogP contribution in [0.15, 0.2) is 22.7 Å². The van der Waals surface area contributed by atoms with Crippen molar-refractivity contribution < 1.29 is 9.63 Å². The molecule has 1 N–H and O–H groups in total. The fourth-order valence-electron chi connectivity index (χ4n) is 1.46. The summed E-state index contributed by atoms with van der Waals surface area (Å²) in [4.78, 5) is 0. The van der Waals surface area contributed by atoms with Gasteiger partial charge in [-0.05, 0) is 26.0 Å². The van der Waals surface area contributed by atoms with Gasteiger partial charge in [-0.25, -0.2) is 0 Å². The van der Waals surface area contributed by atoms with Crippen molar-refractivity contribution in [1.29, 1.82) is 0 Å². The van der Waals surface area contributed by atoms with Gasteiger partial charge in [0.2, 0.25) is 0 Å². The van der Waals surface area contributed by atoms with E-state index in [0.29, 0.717) is 11.1 Å². The molecule has 0 aliphatic heterocycles. The Labute approximate surface area is 81.6 Å². The number of aromatic hydroxyl groups is 1. The van der Waals surface area contributed by atoms with E-state index in [1.54, 1.807) is 6.07 Å². The Bertz CT molecular complexity index is 497. The zero-order valence-electron chi connectivity index (χ0n) is 8.11. The highest BCUT2D eigenvalue weighted by molar-refractivity contribution is 5.89. The van der Waals surface area contributed by atoms with E-state index in [1.165, 1.54) is 0 Å². The van der Waals surface area contributed by atoms with Crippen molar-refractivity contribution in [3.05, 3.63) is 29.5 Å². The number of benzene rings is 1. The Morgan fingerprint density at radius 3 is 2.93 bits per heavy atom. The Hall–Kier alpha value is -1.77. The van der Waals surface area contributed by atoms with Gasteiger partial charge in [0.15, 0.2) is 5.58 Å². The number of nitrogens with zero attached hydrogens (tertiary/aromatic N) is 1. The predicted octanol–water partition coefficient (Wildman–Crippen LogP) is 2.87. The van der Waals surface area contributed by atoms with Gasteiger partial charge < -0.3 is 9.63 Å². The number of aryl methyl sites for hydroxylation is 1. The average Bonchev–Trinajstić information content (AvgIpc) is 2.53. The Morgan fingerprint density at radius 2 is 2.21 bits per heavy atom. The molecule has 0 unspecified atom stereocenters. The molecule has 0 radical (unpaired) electrons. The molecule has 1 aromatic carbocycles. The summed E-state index contributed by atoms with van der Waals surface area (Å²) in [7, 11) is 0. The van der Waals surface area contributed by atoms with E-state index < -0.39 is 0 Å². The van der Waals surface area contributed by atoms with E-state index in [-0.39, 0.29) is 5.75 Å². The minimum absolute atomic E-state index is 0.215. The first kappa shape index (κ1) is 8.81. The Balaban J connectivity index is 2.83. The lowest BCUT2D eigenvalue weighted by molar-refractivity contribution is 0.443.